The first-order valence-electron chi connectivity index (χ1n) is 8.52. The number of hydrogen-bond donors (Lipinski definition) is 3. The monoisotopic (exact) mass is 355 g/mol. The minimum absolute atomic E-state index is 0.0216. The van der Waals surface area contributed by atoms with Crippen LogP contribution in [0.15, 0.2) is 54.6 Å². The molecule has 0 spiro atoms. The van der Waals surface area contributed by atoms with Gasteiger partial charge in [0.15, 0.2) is 0 Å². The lowest BCUT2D eigenvalue weighted by atomic mass is 10.1. The number of carbonyl (C=O) groups is 2. The molecule has 0 fully saturated rings. The van der Waals surface area contributed by atoms with Crippen molar-refractivity contribution in [2.75, 3.05) is 32.1 Å². The van der Waals surface area contributed by atoms with Gasteiger partial charge < -0.3 is 20.6 Å². The van der Waals surface area contributed by atoms with Crippen molar-refractivity contribution in [3.05, 3.63) is 65.7 Å². The molecule has 3 N–H and O–H groups in total. The first kappa shape index (κ1) is 19.5. The molecule has 0 bridgehead atoms. The van der Waals surface area contributed by atoms with E-state index in [0.29, 0.717) is 18.5 Å². The van der Waals surface area contributed by atoms with Gasteiger partial charge in [0.05, 0.1) is 6.10 Å². The Morgan fingerprint density at radius 2 is 1.58 bits per heavy atom. The summed E-state index contributed by atoms with van der Waals surface area (Å²) in [5.74, 6) is -1.45. The summed E-state index contributed by atoms with van der Waals surface area (Å²) in [6, 6.07) is 17.1. The molecule has 0 aliphatic heterocycles. The molecule has 2 amide bonds. The summed E-state index contributed by atoms with van der Waals surface area (Å²) in [5, 5.41) is 15.2. The van der Waals surface area contributed by atoms with Crippen molar-refractivity contribution < 1.29 is 14.7 Å². The number of nitrogens with zero attached hydrogens (tertiary/aromatic N) is 1. The fourth-order valence-electron chi connectivity index (χ4n) is 2.43. The Kier molecular flexibility index (Phi) is 7.17. The molecule has 2 aromatic carbocycles. The van der Waals surface area contributed by atoms with E-state index < -0.39 is 17.9 Å². The predicted molar refractivity (Wildman–Crippen MR) is 102 cm³/mol. The molecular formula is C20H25N3O3. The van der Waals surface area contributed by atoms with Crippen LogP contribution in [0.1, 0.15) is 17.2 Å². The number of aliphatic hydroxyl groups is 1. The first-order valence-corrected chi connectivity index (χ1v) is 8.52. The van der Waals surface area contributed by atoms with E-state index in [1.165, 1.54) is 0 Å². The molecule has 0 radical (unpaired) electrons. The molecule has 2 aromatic rings. The van der Waals surface area contributed by atoms with Crippen molar-refractivity contribution in [3.8, 4) is 0 Å². The van der Waals surface area contributed by atoms with Gasteiger partial charge in [-0.1, -0.05) is 42.5 Å². The standard InChI is InChI=1S/C20H25N3O3/c1-23(2)17-10-8-16(9-11-17)18(24)14-22-20(26)19(25)21-13-12-15-6-4-3-5-7-15/h3-11,18,24H,12-14H2,1-2H3,(H,21,25)(H,22,26). The normalized spacial score (nSPS) is 11.5. The molecule has 0 saturated heterocycles. The molecule has 1 atom stereocenters. The minimum atomic E-state index is -0.868. The van der Waals surface area contributed by atoms with Gasteiger partial charge in [0, 0.05) is 32.9 Å². The lowest BCUT2D eigenvalue weighted by Crippen LogP contribution is -2.42. The van der Waals surface area contributed by atoms with E-state index >= 15 is 0 Å². The molecule has 6 heteroatoms. The van der Waals surface area contributed by atoms with Gasteiger partial charge in [0.2, 0.25) is 0 Å². The highest BCUT2D eigenvalue weighted by Crippen LogP contribution is 2.17. The Hall–Kier alpha value is -2.86. The van der Waals surface area contributed by atoms with Gasteiger partial charge in [-0.05, 0) is 29.7 Å². The summed E-state index contributed by atoms with van der Waals surface area (Å²) in [6.07, 6.45) is -0.215. The van der Waals surface area contributed by atoms with Gasteiger partial charge in [-0.15, -0.1) is 0 Å². The molecule has 0 aliphatic rings. The van der Waals surface area contributed by atoms with Crippen LogP contribution in [-0.4, -0.2) is 44.1 Å². The van der Waals surface area contributed by atoms with Crippen molar-refractivity contribution in [3.63, 3.8) is 0 Å². The van der Waals surface area contributed by atoms with Crippen LogP contribution >= 0.6 is 0 Å². The van der Waals surface area contributed by atoms with Crippen molar-refractivity contribution in [2.24, 2.45) is 0 Å². The summed E-state index contributed by atoms with van der Waals surface area (Å²) in [5.41, 5.74) is 2.79. The summed E-state index contributed by atoms with van der Waals surface area (Å²) in [6.45, 7) is 0.358. The Labute approximate surface area is 153 Å². The zero-order valence-corrected chi connectivity index (χ0v) is 15.1. The van der Waals surface area contributed by atoms with E-state index in [2.05, 4.69) is 10.6 Å². The highest BCUT2D eigenvalue weighted by molar-refractivity contribution is 6.35. The van der Waals surface area contributed by atoms with Crippen molar-refractivity contribution in [1.82, 2.24) is 10.6 Å². The molecule has 0 aliphatic carbocycles. The number of aliphatic hydroxyl groups excluding tert-OH is 1. The Morgan fingerprint density at radius 1 is 0.962 bits per heavy atom. The van der Waals surface area contributed by atoms with E-state index in [-0.39, 0.29) is 6.54 Å². The van der Waals surface area contributed by atoms with Crippen molar-refractivity contribution >= 4 is 17.5 Å². The molecule has 6 nitrogen and oxygen atoms in total. The first-order chi connectivity index (χ1) is 12.5. The number of rotatable bonds is 7. The van der Waals surface area contributed by atoms with Gasteiger partial charge in [-0.2, -0.15) is 0 Å². The van der Waals surface area contributed by atoms with E-state index in [4.69, 9.17) is 0 Å². The second kappa shape index (κ2) is 9.58. The van der Waals surface area contributed by atoms with E-state index in [0.717, 1.165) is 11.3 Å². The number of benzene rings is 2. The Bertz CT molecular complexity index is 715. The van der Waals surface area contributed by atoms with Crippen LogP contribution in [0.25, 0.3) is 0 Å². The average Bonchev–Trinajstić information content (AvgIpc) is 2.66. The van der Waals surface area contributed by atoms with Crippen LogP contribution in [0.3, 0.4) is 0 Å². The molecule has 0 heterocycles. The third kappa shape index (κ3) is 5.89. The number of hydrogen-bond acceptors (Lipinski definition) is 4. The molecule has 0 saturated carbocycles. The molecule has 26 heavy (non-hydrogen) atoms. The lowest BCUT2D eigenvalue weighted by Gasteiger charge is -2.15. The van der Waals surface area contributed by atoms with E-state index in [9.17, 15) is 14.7 Å². The number of nitrogens with one attached hydrogen (secondary N) is 2. The zero-order valence-electron chi connectivity index (χ0n) is 15.1. The second-order valence-electron chi connectivity index (χ2n) is 6.20. The Balaban J connectivity index is 1.73. The maximum Gasteiger partial charge on any atom is 0.309 e. The summed E-state index contributed by atoms with van der Waals surface area (Å²) >= 11 is 0. The summed E-state index contributed by atoms with van der Waals surface area (Å²) in [4.78, 5) is 25.6. The topological polar surface area (TPSA) is 81.7 Å². The van der Waals surface area contributed by atoms with Crippen LogP contribution in [0.2, 0.25) is 0 Å². The fourth-order valence-corrected chi connectivity index (χ4v) is 2.43. The molecular weight excluding hydrogens is 330 g/mol. The van der Waals surface area contributed by atoms with Gasteiger partial charge in [-0.3, -0.25) is 9.59 Å². The average molecular weight is 355 g/mol. The van der Waals surface area contributed by atoms with Crippen molar-refractivity contribution in [1.29, 1.82) is 0 Å². The Morgan fingerprint density at radius 3 is 2.19 bits per heavy atom. The molecule has 1 unspecified atom stereocenters. The molecule has 0 aromatic heterocycles. The minimum Gasteiger partial charge on any atom is -0.387 e. The van der Waals surface area contributed by atoms with Crippen LogP contribution in [0.4, 0.5) is 5.69 Å². The van der Waals surface area contributed by atoms with E-state index in [1.807, 2.05) is 61.5 Å². The third-order valence-corrected chi connectivity index (χ3v) is 4.00. The van der Waals surface area contributed by atoms with Crippen LogP contribution in [-0.2, 0) is 16.0 Å². The zero-order chi connectivity index (χ0) is 18.9. The van der Waals surface area contributed by atoms with Gasteiger partial charge in [0.25, 0.3) is 0 Å². The van der Waals surface area contributed by atoms with Gasteiger partial charge in [-0.25, -0.2) is 0 Å². The number of carbonyl (C=O) groups excluding carboxylic acids is 2. The highest BCUT2D eigenvalue weighted by atomic mass is 16.3. The largest absolute Gasteiger partial charge is 0.387 e. The third-order valence-electron chi connectivity index (χ3n) is 4.00. The number of amides is 2. The maximum absolute atomic E-state index is 11.8. The fraction of sp³-hybridized carbons (Fsp3) is 0.300. The second-order valence-corrected chi connectivity index (χ2v) is 6.20. The quantitative estimate of drug-likeness (QED) is 0.653. The van der Waals surface area contributed by atoms with Crippen LogP contribution in [0.5, 0.6) is 0 Å². The predicted octanol–water partition coefficient (Wildman–Crippen LogP) is 1.26. The number of anilines is 1. The van der Waals surface area contributed by atoms with Crippen LogP contribution < -0.4 is 15.5 Å². The van der Waals surface area contributed by atoms with Gasteiger partial charge in [0.1, 0.15) is 0 Å². The van der Waals surface area contributed by atoms with E-state index in [1.54, 1.807) is 12.1 Å². The molecule has 138 valence electrons. The highest BCUT2D eigenvalue weighted by Gasteiger charge is 2.15. The maximum atomic E-state index is 11.8. The summed E-state index contributed by atoms with van der Waals surface area (Å²) < 4.78 is 0. The van der Waals surface area contributed by atoms with Crippen LogP contribution in [0, 0.1) is 0 Å². The molecule has 2 rings (SSSR count). The lowest BCUT2D eigenvalue weighted by molar-refractivity contribution is -0.139. The van der Waals surface area contributed by atoms with Gasteiger partial charge >= 0.3 is 11.8 Å². The summed E-state index contributed by atoms with van der Waals surface area (Å²) in [7, 11) is 3.87. The SMILES string of the molecule is CN(C)c1ccc(C(O)CNC(=O)C(=O)NCCc2ccccc2)cc1. The van der Waals surface area contributed by atoms with Crippen molar-refractivity contribution in [2.45, 2.75) is 12.5 Å². The smallest absolute Gasteiger partial charge is 0.309 e.